The van der Waals surface area contributed by atoms with Crippen LogP contribution in [-0.4, -0.2) is 36.1 Å². The minimum atomic E-state index is -0.0380. The average molecular weight is 211 g/mol. The second-order valence-electron chi connectivity index (χ2n) is 5.24. The van der Waals surface area contributed by atoms with Gasteiger partial charge in [-0.1, -0.05) is 13.8 Å². The highest BCUT2D eigenvalue weighted by Crippen LogP contribution is 2.35. The molecule has 2 fully saturated rings. The largest absolute Gasteiger partial charge is 0.462 e. The van der Waals surface area contributed by atoms with E-state index >= 15 is 0 Å². The quantitative estimate of drug-likeness (QED) is 0.652. The molecule has 2 saturated heterocycles. The summed E-state index contributed by atoms with van der Waals surface area (Å²) in [7, 11) is 2.20. The molecule has 2 bridgehead atoms. The van der Waals surface area contributed by atoms with Gasteiger partial charge >= 0.3 is 5.97 Å². The smallest absolute Gasteiger partial charge is 0.308 e. The summed E-state index contributed by atoms with van der Waals surface area (Å²) in [6.07, 6.45) is 4.79. The van der Waals surface area contributed by atoms with Crippen LogP contribution < -0.4 is 0 Å². The van der Waals surface area contributed by atoms with Gasteiger partial charge in [-0.2, -0.15) is 0 Å². The molecule has 0 amide bonds. The van der Waals surface area contributed by atoms with Gasteiger partial charge in [-0.25, -0.2) is 0 Å². The van der Waals surface area contributed by atoms with Crippen molar-refractivity contribution in [3.63, 3.8) is 0 Å². The van der Waals surface area contributed by atoms with Crippen molar-refractivity contribution in [3.05, 3.63) is 0 Å². The Bertz CT molecular complexity index is 238. The fourth-order valence-corrected chi connectivity index (χ4v) is 2.76. The zero-order valence-electron chi connectivity index (χ0n) is 9.90. The summed E-state index contributed by atoms with van der Waals surface area (Å²) in [5.74, 6) is -0.0359. The maximum Gasteiger partial charge on any atom is 0.308 e. The van der Waals surface area contributed by atoms with E-state index in [2.05, 4.69) is 11.9 Å². The Labute approximate surface area is 91.8 Å². The van der Waals surface area contributed by atoms with Gasteiger partial charge in [-0.05, 0) is 32.7 Å². The van der Waals surface area contributed by atoms with Gasteiger partial charge in [0.05, 0.1) is 5.92 Å². The van der Waals surface area contributed by atoms with Gasteiger partial charge in [-0.15, -0.1) is 0 Å². The van der Waals surface area contributed by atoms with Gasteiger partial charge in [0.1, 0.15) is 6.10 Å². The zero-order chi connectivity index (χ0) is 11.0. The molecular weight excluding hydrogens is 190 g/mol. The van der Waals surface area contributed by atoms with Crippen molar-refractivity contribution in [2.45, 2.75) is 57.7 Å². The predicted octanol–water partition coefficient (Wildman–Crippen LogP) is 1.81. The van der Waals surface area contributed by atoms with Crippen molar-refractivity contribution in [1.82, 2.24) is 4.90 Å². The van der Waals surface area contributed by atoms with E-state index in [4.69, 9.17) is 4.74 Å². The minimum absolute atomic E-state index is 0.00214. The molecule has 15 heavy (non-hydrogen) atoms. The third kappa shape index (κ3) is 2.17. The van der Waals surface area contributed by atoms with E-state index in [1.165, 1.54) is 12.8 Å². The van der Waals surface area contributed by atoms with Crippen molar-refractivity contribution in [2.24, 2.45) is 5.92 Å². The Morgan fingerprint density at radius 3 is 2.27 bits per heavy atom. The summed E-state index contributed by atoms with van der Waals surface area (Å²) in [5, 5.41) is 0. The Hall–Kier alpha value is -0.570. The maximum absolute atomic E-state index is 11.5. The molecule has 0 aromatic carbocycles. The summed E-state index contributed by atoms with van der Waals surface area (Å²) in [6.45, 7) is 3.79. The van der Waals surface area contributed by atoms with Gasteiger partial charge in [0.2, 0.25) is 0 Å². The average Bonchev–Trinajstić information content (AvgIpc) is 2.41. The van der Waals surface area contributed by atoms with Gasteiger partial charge in [0.25, 0.3) is 0 Å². The molecule has 0 aromatic rings. The van der Waals surface area contributed by atoms with Crippen LogP contribution in [0, 0.1) is 5.92 Å². The van der Waals surface area contributed by atoms with Crippen LogP contribution in [0.1, 0.15) is 39.5 Å². The molecule has 2 aliphatic rings. The standard InChI is InChI=1S/C12H21NO2/c1-8(2)12(14)15-11-6-9-4-5-10(7-11)13(9)3/h8-11H,4-7H2,1-3H3. The number of carbonyl (C=O) groups is 1. The van der Waals surface area contributed by atoms with Crippen molar-refractivity contribution in [3.8, 4) is 0 Å². The number of ether oxygens (including phenoxy) is 1. The fraction of sp³-hybridized carbons (Fsp3) is 0.917. The summed E-state index contributed by atoms with van der Waals surface area (Å²) in [5.41, 5.74) is 0. The van der Waals surface area contributed by atoms with E-state index in [-0.39, 0.29) is 18.0 Å². The van der Waals surface area contributed by atoms with E-state index in [0.29, 0.717) is 12.1 Å². The van der Waals surface area contributed by atoms with E-state index in [0.717, 1.165) is 12.8 Å². The molecule has 0 radical (unpaired) electrons. The van der Waals surface area contributed by atoms with Gasteiger partial charge in [-0.3, -0.25) is 4.79 Å². The van der Waals surface area contributed by atoms with Crippen LogP contribution in [0.3, 0.4) is 0 Å². The second kappa shape index (κ2) is 4.12. The molecule has 2 unspecified atom stereocenters. The third-order valence-corrected chi connectivity index (χ3v) is 3.81. The summed E-state index contributed by atoms with van der Waals surface area (Å²) in [4.78, 5) is 13.9. The lowest BCUT2D eigenvalue weighted by Gasteiger charge is -2.36. The van der Waals surface area contributed by atoms with Crippen molar-refractivity contribution >= 4 is 5.97 Å². The molecule has 2 atom stereocenters. The highest BCUT2D eigenvalue weighted by atomic mass is 16.5. The molecule has 3 heteroatoms. The first-order valence-electron chi connectivity index (χ1n) is 6.00. The molecule has 0 N–H and O–H groups in total. The first-order chi connectivity index (χ1) is 7.08. The maximum atomic E-state index is 11.5. The van der Waals surface area contributed by atoms with Gasteiger partial charge in [0, 0.05) is 12.1 Å². The molecule has 0 aromatic heterocycles. The number of fused-ring (bicyclic) bond motifs is 2. The number of rotatable bonds is 2. The van der Waals surface area contributed by atoms with Gasteiger partial charge < -0.3 is 9.64 Å². The SMILES string of the molecule is CC(C)C(=O)OC1CC2CCC(C1)N2C. The summed E-state index contributed by atoms with van der Waals surface area (Å²) in [6, 6.07) is 1.29. The zero-order valence-corrected chi connectivity index (χ0v) is 9.90. The number of nitrogens with zero attached hydrogens (tertiary/aromatic N) is 1. The topological polar surface area (TPSA) is 29.5 Å². The Morgan fingerprint density at radius 1 is 1.27 bits per heavy atom. The first-order valence-corrected chi connectivity index (χ1v) is 6.00. The molecule has 0 saturated carbocycles. The number of piperidine rings is 1. The molecular formula is C12H21NO2. The van der Waals surface area contributed by atoms with E-state index in [1.807, 2.05) is 13.8 Å². The number of carbonyl (C=O) groups excluding carboxylic acids is 1. The second-order valence-corrected chi connectivity index (χ2v) is 5.24. The summed E-state index contributed by atoms with van der Waals surface area (Å²) < 4.78 is 5.52. The van der Waals surface area contributed by atoms with Crippen molar-refractivity contribution < 1.29 is 9.53 Å². The van der Waals surface area contributed by atoms with Crippen LogP contribution in [0.2, 0.25) is 0 Å². The van der Waals surface area contributed by atoms with Crippen LogP contribution in [0.25, 0.3) is 0 Å². The number of hydrogen-bond donors (Lipinski definition) is 0. The molecule has 3 nitrogen and oxygen atoms in total. The molecule has 2 aliphatic heterocycles. The first kappa shape index (κ1) is 10.9. The summed E-state index contributed by atoms with van der Waals surface area (Å²) >= 11 is 0. The highest BCUT2D eigenvalue weighted by molar-refractivity contribution is 5.71. The van der Waals surface area contributed by atoms with Gasteiger partial charge in [0.15, 0.2) is 0 Å². The molecule has 2 heterocycles. The lowest BCUT2D eigenvalue weighted by atomic mass is 10.0. The van der Waals surface area contributed by atoms with Crippen molar-refractivity contribution in [2.75, 3.05) is 7.05 Å². The number of hydrogen-bond acceptors (Lipinski definition) is 3. The van der Waals surface area contributed by atoms with Crippen molar-refractivity contribution in [1.29, 1.82) is 0 Å². The molecule has 0 spiro atoms. The molecule has 2 rings (SSSR count). The van der Waals surface area contributed by atoms with E-state index < -0.39 is 0 Å². The van der Waals surface area contributed by atoms with Crippen LogP contribution in [0.4, 0.5) is 0 Å². The fourth-order valence-electron chi connectivity index (χ4n) is 2.76. The highest BCUT2D eigenvalue weighted by Gasteiger charge is 2.39. The van der Waals surface area contributed by atoms with Crippen LogP contribution in [0.5, 0.6) is 0 Å². The lowest BCUT2D eigenvalue weighted by molar-refractivity contribution is -0.156. The third-order valence-electron chi connectivity index (χ3n) is 3.81. The van der Waals surface area contributed by atoms with E-state index in [1.54, 1.807) is 0 Å². The van der Waals surface area contributed by atoms with Crippen LogP contribution in [0.15, 0.2) is 0 Å². The Morgan fingerprint density at radius 2 is 1.80 bits per heavy atom. The molecule has 0 aliphatic carbocycles. The minimum Gasteiger partial charge on any atom is -0.462 e. The Kier molecular flexibility index (Phi) is 3.01. The van der Waals surface area contributed by atoms with Crippen LogP contribution >= 0.6 is 0 Å². The predicted molar refractivity (Wildman–Crippen MR) is 58.5 cm³/mol. The van der Waals surface area contributed by atoms with E-state index in [9.17, 15) is 4.79 Å². The molecule has 86 valence electrons. The monoisotopic (exact) mass is 211 g/mol. The normalized spacial score (nSPS) is 35.9. The van der Waals surface area contributed by atoms with Crippen LogP contribution in [-0.2, 0) is 9.53 Å². The lowest BCUT2D eigenvalue weighted by Crippen LogP contribution is -2.43. The number of esters is 1. The Balaban J connectivity index is 1.89.